The zero-order chi connectivity index (χ0) is 22.3. The van der Waals surface area contributed by atoms with E-state index in [1.165, 1.54) is 4.90 Å². The molecule has 0 bridgehead atoms. The van der Waals surface area contributed by atoms with Crippen molar-refractivity contribution in [3.8, 4) is 0 Å². The van der Waals surface area contributed by atoms with E-state index in [9.17, 15) is 19.2 Å². The summed E-state index contributed by atoms with van der Waals surface area (Å²) < 4.78 is 11.6. The minimum absolute atomic E-state index is 0.0227. The second-order valence-corrected chi connectivity index (χ2v) is 7.06. The smallest absolute Gasteiger partial charge is 0.355 e. The van der Waals surface area contributed by atoms with E-state index in [4.69, 9.17) is 9.47 Å². The van der Waals surface area contributed by atoms with Crippen molar-refractivity contribution in [2.45, 2.75) is 60.4 Å². The molecule has 0 fully saturated rings. The number of Topliss-reactive ketones (excluding diaryl/α,β-unsaturated/α-hetero) is 1. The van der Waals surface area contributed by atoms with Crippen LogP contribution in [-0.2, 0) is 26.1 Å². The molecule has 0 unspecified atom stereocenters. The maximum atomic E-state index is 13.0. The van der Waals surface area contributed by atoms with Crippen molar-refractivity contribution in [3.63, 3.8) is 0 Å². The number of aromatic nitrogens is 1. The second-order valence-electron chi connectivity index (χ2n) is 7.06. The molecule has 1 heterocycles. The standard InChI is InChI=1S/C21H32N2O6/c1-8-28-18(26)11-10-17(25)23(13(3)4)12-16(24)19-14(5)20(21(27)29-9-2)22(7)15(19)6/h13H,8-12H2,1-7H3. The highest BCUT2D eigenvalue weighted by atomic mass is 16.5. The fourth-order valence-electron chi connectivity index (χ4n) is 3.26. The van der Waals surface area contributed by atoms with Crippen LogP contribution in [0.2, 0.25) is 0 Å². The third-order valence-corrected chi connectivity index (χ3v) is 4.78. The molecule has 0 aliphatic rings. The summed E-state index contributed by atoms with van der Waals surface area (Å²) in [6, 6.07) is -0.220. The minimum atomic E-state index is -0.485. The lowest BCUT2D eigenvalue weighted by atomic mass is 10.0. The molecule has 0 radical (unpaired) electrons. The Morgan fingerprint density at radius 1 is 1.00 bits per heavy atom. The molecule has 0 saturated heterocycles. The van der Waals surface area contributed by atoms with Crippen molar-refractivity contribution in [3.05, 3.63) is 22.5 Å². The lowest BCUT2D eigenvalue weighted by molar-refractivity contribution is -0.145. The predicted octanol–water partition coefficient (Wildman–Crippen LogP) is 2.58. The van der Waals surface area contributed by atoms with Gasteiger partial charge in [-0.25, -0.2) is 4.79 Å². The summed E-state index contributed by atoms with van der Waals surface area (Å²) in [6.45, 7) is 10.9. The molecule has 0 saturated carbocycles. The van der Waals surface area contributed by atoms with Crippen molar-refractivity contribution in [1.82, 2.24) is 9.47 Å². The Morgan fingerprint density at radius 3 is 2.10 bits per heavy atom. The predicted molar refractivity (Wildman–Crippen MR) is 108 cm³/mol. The third-order valence-electron chi connectivity index (χ3n) is 4.78. The Morgan fingerprint density at radius 2 is 1.59 bits per heavy atom. The highest BCUT2D eigenvalue weighted by Gasteiger charge is 2.28. The van der Waals surface area contributed by atoms with Crippen LogP contribution in [0.15, 0.2) is 0 Å². The molecule has 8 nitrogen and oxygen atoms in total. The number of esters is 2. The topological polar surface area (TPSA) is 94.9 Å². The normalized spacial score (nSPS) is 10.8. The van der Waals surface area contributed by atoms with Gasteiger partial charge in [-0.3, -0.25) is 14.4 Å². The largest absolute Gasteiger partial charge is 0.466 e. The highest BCUT2D eigenvalue weighted by molar-refractivity contribution is 6.04. The fraction of sp³-hybridized carbons (Fsp3) is 0.619. The zero-order valence-corrected chi connectivity index (χ0v) is 18.5. The van der Waals surface area contributed by atoms with Gasteiger partial charge in [0, 0.05) is 30.8 Å². The molecule has 29 heavy (non-hydrogen) atoms. The monoisotopic (exact) mass is 408 g/mol. The third kappa shape index (κ3) is 5.92. The first-order valence-electron chi connectivity index (χ1n) is 9.87. The number of rotatable bonds is 10. The average Bonchev–Trinajstić information content (AvgIpc) is 2.86. The van der Waals surface area contributed by atoms with Gasteiger partial charge in [0.1, 0.15) is 5.69 Å². The van der Waals surface area contributed by atoms with Gasteiger partial charge >= 0.3 is 11.9 Å². The molecule has 0 N–H and O–H groups in total. The lowest BCUT2D eigenvalue weighted by Crippen LogP contribution is -2.41. The van der Waals surface area contributed by atoms with Crippen LogP contribution in [0.3, 0.4) is 0 Å². The van der Waals surface area contributed by atoms with Crippen LogP contribution in [-0.4, -0.2) is 58.9 Å². The van der Waals surface area contributed by atoms with E-state index in [-0.39, 0.29) is 50.3 Å². The van der Waals surface area contributed by atoms with Crippen LogP contribution < -0.4 is 0 Å². The Bertz CT molecular complexity index is 779. The van der Waals surface area contributed by atoms with Gasteiger partial charge in [0.25, 0.3) is 0 Å². The number of ketones is 1. The van der Waals surface area contributed by atoms with Gasteiger partial charge in [0.2, 0.25) is 5.91 Å². The fourth-order valence-corrected chi connectivity index (χ4v) is 3.26. The van der Waals surface area contributed by atoms with Crippen molar-refractivity contribution in [2.24, 2.45) is 7.05 Å². The summed E-state index contributed by atoms with van der Waals surface area (Å²) in [7, 11) is 1.70. The van der Waals surface area contributed by atoms with Crippen LogP contribution in [0.1, 0.15) is 72.6 Å². The van der Waals surface area contributed by atoms with Crippen molar-refractivity contribution in [2.75, 3.05) is 19.8 Å². The van der Waals surface area contributed by atoms with Crippen LogP contribution in [0.25, 0.3) is 0 Å². The Labute approximate surface area is 172 Å². The van der Waals surface area contributed by atoms with Gasteiger partial charge < -0.3 is 18.9 Å². The van der Waals surface area contributed by atoms with Gasteiger partial charge in [-0.1, -0.05) is 0 Å². The molecule has 1 aromatic rings. The maximum absolute atomic E-state index is 13.0. The molecule has 162 valence electrons. The molecule has 1 rings (SSSR count). The summed E-state index contributed by atoms with van der Waals surface area (Å²) in [6.07, 6.45) is -0.0500. The quantitative estimate of drug-likeness (QED) is 0.436. The van der Waals surface area contributed by atoms with Crippen molar-refractivity contribution >= 4 is 23.6 Å². The van der Waals surface area contributed by atoms with Crippen LogP contribution in [0.4, 0.5) is 0 Å². The van der Waals surface area contributed by atoms with E-state index >= 15 is 0 Å². The maximum Gasteiger partial charge on any atom is 0.355 e. The van der Waals surface area contributed by atoms with Crippen LogP contribution in [0.5, 0.6) is 0 Å². The number of carbonyl (C=O) groups excluding carboxylic acids is 4. The number of hydrogen-bond donors (Lipinski definition) is 0. The SMILES string of the molecule is CCOC(=O)CCC(=O)N(CC(=O)c1c(C)c(C(=O)OCC)n(C)c1C)C(C)C. The molecule has 0 atom stereocenters. The van der Waals surface area contributed by atoms with Crippen molar-refractivity contribution in [1.29, 1.82) is 0 Å². The van der Waals surface area contributed by atoms with Crippen LogP contribution >= 0.6 is 0 Å². The van der Waals surface area contributed by atoms with E-state index in [0.29, 0.717) is 22.5 Å². The van der Waals surface area contributed by atoms with Gasteiger partial charge in [-0.05, 0) is 47.1 Å². The van der Waals surface area contributed by atoms with Crippen LogP contribution in [0, 0.1) is 13.8 Å². The van der Waals surface area contributed by atoms with E-state index in [1.807, 2.05) is 13.8 Å². The summed E-state index contributed by atoms with van der Waals surface area (Å²) in [5, 5.41) is 0. The van der Waals surface area contributed by atoms with Gasteiger partial charge in [0.15, 0.2) is 5.78 Å². The zero-order valence-electron chi connectivity index (χ0n) is 18.5. The van der Waals surface area contributed by atoms with E-state index in [2.05, 4.69) is 0 Å². The Kier molecular flexibility index (Phi) is 9.07. The van der Waals surface area contributed by atoms with E-state index < -0.39 is 11.9 Å². The Balaban J connectivity index is 3.05. The average molecular weight is 408 g/mol. The molecular formula is C21H32N2O6. The molecule has 0 aliphatic heterocycles. The number of nitrogens with zero attached hydrogens (tertiary/aromatic N) is 2. The second kappa shape index (κ2) is 10.8. The van der Waals surface area contributed by atoms with E-state index in [0.717, 1.165) is 0 Å². The molecule has 1 amide bonds. The molecule has 8 heteroatoms. The van der Waals surface area contributed by atoms with Crippen molar-refractivity contribution < 1.29 is 28.7 Å². The van der Waals surface area contributed by atoms with Gasteiger partial charge in [-0.2, -0.15) is 0 Å². The Hall–Kier alpha value is -2.64. The number of hydrogen-bond acceptors (Lipinski definition) is 6. The van der Waals surface area contributed by atoms with E-state index in [1.54, 1.807) is 39.3 Å². The summed E-state index contributed by atoms with van der Waals surface area (Å²) in [4.78, 5) is 50.8. The van der Waals surface area contributed by atoms with Gasteiger partial charge in [-0.15, -0.1) is 0 Å². The molecule has 0 aromatic carbocycles. The first-order chi connectivity index (χ1) is 13.6. The molecule has 0 spiro atoms. The van der Waals surface area contributed by atoms with Gasteiger partial charge in [0.05, 0.1) is 26.2 Å². The lowest BCUT2D eigenvalue weighted by Gasteiger charge is -2.26. The summed E-state index contributed by atoms with van der Waals surface area (Å²) in [5.41, 5.74) is 1.92. The number of amides is 1. The molecule has 0 aliphatic carbocycles. The first kappa shape index (κ1) is 24.4. The summed E-state index contributed by atoms with van der Waals surface area (Å²) >= 11 is 0. The molecule has 1 aromatic heterocycles. The minimum Gasteiger partial charge on any atom is -0.466 e. The first-order valence-corrected chi connectivity index (χ1v) is 9.87. The summed E-state index contributed by atoms with van der Waals surface area (Å²) in [5.74, 6) is -1.48. The number of ether oxygens (including phenoxy) is 2. The number of carbonyl (C=O) groups is 4. The highest BCUT2D eigenvalue weighted by Crippen LogP contribution is 2.23. The molecular weight excluding hydrogens is 376 g/mol.